The number of amides is 1. The van der Waals surface area contributed by atoms with Crippen molar-refractivity contribution in [1.82, 2.24) is 9.80 Å². The van der Waals surface area contributed by atoms with Gasteiger partial charge in [0.25, 0.3) is 0 Å². The highest BCUT2D eigenvalue weighted by Crippen LogP contribution is 2.29. The van der Waals surface area contributed by atoms with Gasteiger partial charge in [0.1, 0.15) is 0 Å². The van der Waals surface area contributed by atoms with E-state index in [9.17, 15) is 4.79 Å². The monoisotopic (exact) mass is 428 g/mol. The van der Waals surface area contributed by atoms with Crippen LogP contribution in [0.4, 0.5) is 0 Å². The van der Waals surface area contributed by atoms with Crippen molar-refractivity contribution in [1.29, 1.82) is 0 Å². The molecule has 30 heavy (non-hydrogen) atoms. The number of ether oxygens (including phenoxy) is 1. The third-order valence-electron chi connectivity index (χ3n) is 6.47. The van der Waals surface area contributed by atoms with Gasteiger partial charge in [-0.2, -0.15) is 0 Å². The summed E-state index contributed by atoms with van der Waals surface area (Å²) in [5.41, 5.74) is 6.41. The molecule has 2 aromatic rings. The lowest BCUT2D eigenvalue weighted by atomic mass is 9.99. The van der Waals surface area contributed by atoms with Crippen molar-refractivity contribution >= 4 is 18.3 Å². The molecule has 0 radical (unpaired) electrons. The summed E-state index contributed by atoms with van der Waals surface area (Å²) in [7, 11) is 1.64. The van der Waals surface area contributed by atoms with Gasteiger partial charge in [-0.1, -0.05) is 36.4 Å². The molecule has 4 nitrogen and oxygen atoms in total. The number of rotatable bonds is 7. The zero-order valence-corrected chi connectivity index (χ0v) is 18.9. The van der Waals surface area contributed by atoms with Gasteiger partial charge in [0, 0.05) is 32.8 Å². The van der Waals surface area contributed by atoms with Crippen LogP contribution in [0.25, 0.3) is 11.1 Å². The first-order valence-corrected chi connectivity index (χ1v) is 10.9. The van der Waals surface area contributed by atoms with Crippen LogP contribution in [0.15, 0.2) is 42.5 Å². The van der Waals surface area contributed by atoms with E-state index in [4.69, 9.17) is 4.74 Å². The van der Waals surface area contributed by atoms with E-state index in [1.807, 2.05) is 4.90 Å². The molecule has 0 unspecified atom stereocenters. The second kappa shape index (κ2) is 10.4. The number of hydrogen-bond donors (Lipinski definition) is 0. The number of fused-ring (bicyclic) bond motifs is 1. The van der Waals surface area contributed by atoms with E-state index in [0.717, 1.165) is 19.0 Å². The summed E-state index contributed by atoms with van der Waals surface area (Å²) in [5.74, 6) is 0.168. The zero-order valence-electron chi connectivity index (χ0n) is 18.1. The average molecular weight is 429 g/mol. The van der Waals surface area contributed by atoms with E-state index in [2.05, 4.69) is 54.3 Å². The largest absolute Gasteiger partial charge is 0.384 e. The van der Waals surface area contributed by atoms with Crippen molar-refractivity contribution in [2.24, 2.45) is 0 Å². The lowest BCUT2D eigenvalue weighted by molar-refractivity contribution is -0.132. The van der Waals surface area contributed by atoms with Crippen LogP contribution in [0.1, 0.15) is 42.9 Å². The highest BCUT2D eigenvalue weighted by molar-refractivity contribution is 5.85. The topological polar surface area (TPSA) is 32.8 Å². The Labute approximate surface area is 186 Å². The second-order valence-electron chi connectivity index (χ2n) is 8.45. The molecule has 0 bridgehead atoms. The molecule has 0 aliphatic carbocycles. The fourth-order valence-electron chi connectivity index (χ4n) is 4.56. The number of likely N-dealkylation sites (tertiary alicyclic amines) is 1. The Balaban J connectivity index is 0.00000256. The smallest absolute Gasteiger partial charge is 0.225 e. The van der Waals surface area contributed by atoms with Crippen LogP contribution < -0.4 is 0 Å². The molecule has 5 heteroatoms. The molecule has 4 rings (SSSR count). The van der Waals surface area contributed by atoms with Crippen LogP contribution in [0.5, 0.6) is 0 Å². The number of carbonyl (C=O) groups is 1. The minimum atomic E-state index is 0. The molecule has 0 saturated carbocycles. The summed E-state index contributed by atoms with van der Waals surface area (Å²) in [4.78, 5) is 16.8. The minimum absolute atomic E-state index is 0. The third kappa shape index (κ3) is 5.23. The van der Waals surface area contributed by atoms with E-state index in [1.54, 1.807) is 7.11 Å². The van der Waals surface area contributed by atoms with Gasteiger partial charge in [-0.3, -0.25) is 4.79 Å². The van der Waals surface area contributed by atoms with Gasteiger partial charge in [0.2, 0.25) is 5.91 Å². The molecule has 2 aromatic carbocycles. The molecule has 1 amide bonds. The number of carbonyl (C=O) groups excluding carboxylic acids is 1. The van der Waals surface area contributed by atoms with E-state index >= 15 is 0 Å². The molecular weight excluding hydrogens is 396 g/mol. The van der Waals surface area contributed by atoms with Crippen LogP contribution in [0.3, 0.4) is 0 Å². The second-order valence-corrected chi connectivity index (χ2v) is 8.45. The van der Waals surface area contributed by atoms with Crippen molar-refractivity contribution in [3.05, 3.63) is 59.2 Å². The Morgan fingerprint density at radius 1 is 1.07 bits per heavy atom. The third-order valence-corrected chi connectivity index (χ3v) is 6.47. The summed E-state index contributed by atoms with van der Waals surface area (Å²) < 4.78 is 5.04. The van der Waals surface area contributed by atoms with E-state index in [-0.39, 0.29) is 18.3 Å². The summed E-state index contributed by atoms with van der Waals surface area (Å²) in [6.45, 7) is 6.66. The van der Waals surface area contributed by atoms with Crippen molar-refractivity contribution in [2.75, 3.05) is 26.8 Å². The fourth-order valence-corrected chi connectivity index (χ4v) is 4.56. The van der Waals surface area contributed by atoms with Crippen molar-refractivity contribution in [3.8, 4) is 11.1 Å². The van der Waals surface area contributed by atoms with Crippen molar-refractivity contribution in [3.63, 3.8) is 0 Å². The summed E-state index contributed by atoms with van der Waals surface area (Å²) in [6.07, 6.45) is 4.25. The lowest BCUT2D eigenvalue weighted by Crippen LogP contribution is -2.28. The van der Waals surface area contributed by atoms with Crippen molar-refractivity contribution in [2.45, 2.75) is 51.7 Å². The van der Waals surface area contributed by atoms with Crippen LogP contribution in [-0.4, -0.2) is 48.6 Å². The Kier molecular flexibility index (Phi) is 7.93. The number of benzene rings is 2. The molecule has 1 saturated heterocycles. The number of nitrogens with zero attached hydrogens (tertiary/aromatic N) is 2. The molecule has 0 aromatic heterocycles. The van der Waals surface area contributed by atoms with Crippen LogP contribution in [0, 0.1) is 0 Å². The molecule has 2 aliphatic rings. The highest BCUT2D eigenvalue weighted by atomic mass is 35.5. The zero-order chi connectivity index (χ0) is 20.2. The van der Waals surface area contributed by atoms with Gasteiger partial charge in [-0.05, 0) is 66.6 Å². The molecule has 1 fully saturated rings. The van der Waals surface area contributed by atoms with E-state index in [0.29, 0.717) is 26.1 Å². The van der Waals surface area contributed by atoms with Gasteiger partial charge in [0.15, 0.2) is 0 Å². The Morgan fingerprint density at radius 3 is 2.50 bits per heavy atom. The van der Waals surface area contributed by atoms with E-state index < -0.39 is 0 Å². The SMILES string of the molecule is COCCC(=O)N1Cc2ccc(-c3ccc(CCN4CCC[C@H]4C)cc3)cc2C1.Cl. The molecule has 2 aliphatic heterocycles. The summed E-state index contributed by atoms with van der Waals surface area (Å²) >= 11 is 0. The molecule has 0 spiro atoms. The molecule has 2 heterocycles. The van der Waals surface area contributed by atoms with Crippen LogP contribution in [0.2, 0.25) is 0 Å². The quantitative estimate of drug-likeness (QED) is 0.641. The minimum Gasteiger partial charge on any atom is -0.384 e. The normalized spacial score (nSPS) is 18.3. The lowest BCUT2D eigenvalue weighted by Gasteiger charge is -2.20. The number of hydrogen-bond acceptors (Lipinski definition) is 3. The molecule has 0 N–H and O–H groups in total. The van der Waals surface area contributed by atoms with Crippen LogP contribution in [-0.2, 0) is 29.0 Å². The summed E-state index contributed by atoms with van der Waals surface area (Å²) in [6, 6.07) is 16.4. The van der Waals surface area contributed by atoms with E-state index in [1.165, 1.54) is 47.2 Å². The van der Waals surface area contributed by atoms with Gasteiger partial charge >= 0.3 is 0 Å². The van der Waals surface area contributed by atoms with Gasteiger partial charge in [0.05, 0.1) is 13.0 Å². The fraction of sp³-hybridized carbons (Fsp3) is 0.480. The van der Waals surface area contributed by atoms with Gasteiger partial charge < -0.3 is 14.5 Å². The molecule has 162 valence electrons. The predicted octanol–water partition coefficient (Wildman–Crippen LogP) is 4.68. The van der Waals surface area contributed by atoms with Gasteiger partial charge in [-0.25, -0.2) is 0 Å². The molecule has 1 atom stereocenters. The first-order valence-electron chi connectivity index (χ1n) is 10.9. The summed E-state index contributed by atoms with van der Waals surface area (Å²) in [5, 5.41) is 0. The Morgan fingerprint density at radius 2 is 1.80 bits per heavy atom. The maximum atomic E-state index is 12.3. The highest BCUT2D eigenvalue weighted by Gasteiger charge is 2.23. The average Bonchev–Trinajstić information content (AvgIpc) is 3.36. The van der Waals surface area contributed by atoms with Crippen molar-refractivity contribution < 1.29 is 9.53 Å². The number of methoxy groups -OCH3 is 1. The maximum Gasteiger partial charge on any atom is 0.225 e. The Bertz CT molecular complexity index is 853. The standard InChI is InChI=1S/C25H32N2O2.ClH/c1-19-4-3-13-26(19)14-11-20-5-7-21(8-6-20)22-9-10-23-17-27(18-24(23)16-22)25(28)12-15-29-2;/h5-10,16,19H,3-4,11-15,17-18H2,1-2H3;1H/t19-;/m1./s1. The van der Waals surface area contributed by atoms with Crippen LogP contribution >= 0.6 is 12.4 Å². The Hall–Kier alpha value is -1.88. The molecular formula is C25H33ClN2O2. The first kappa shape index (κ1) is 22.8. The van der Waals surface area contributed by atoms with Gasteiger partial charge in [-0.15, -0.1) is 12.4 Å². The number of halogens is 1. The maximum absolute atomic E-state index is 12.3. The predicted molar refractivity (Wildman–Crippen MR) is 124 cm³/mol. The first-order chi connectivity index (χ1) is 14.1.